The minimum Gasteiger partial charge on any atom is -0.450 e. The van der Waals surface area contributed by atoms with E-state index in [9.17, 15) is 4.79 Å². The number of rotatable bonds is 8. The first kappa shape index (κ1) is 14.7. The number of hydrogen-bond donors (Lipinski definition) is 1. The highest BCUT2D eigenvalue weighted by Crippen LogP contribution is 1.86. The Morgan fingerprint density at radius 1 is 1.19 bits per heavy atom. The maximum Gasteiger partial charge on any atom is 0.506 e. The van der Waals surface area contributed by atoms with Gasteiger partial charge in [0.1, 0.15) is 6.61 Å². The Hall–Kier alpha value is -1.33. The lowest BCUT2D eigenvalue weighted by molar-refractivity contribution is 0.102. The normalized spacial score (nSPS) is 11.7. The predicted molar refractivity (Wildman–Crippen MR) is 61.6 cm³/mol. The molecule has 0 aliphatic carbocycles. The van der Waals surface area contributed by atoms with Crippen LogP contribution in [0.2, 0.25) is 0 Å². The Kier molecular flexibility index (Phi) is 9.35. The van der Waals surface area contributed by atoms with Crippen LogP contribution in [0.5, 0.6) is 0 Å². The summed E-state index contributed by atoms with van der Waals surface area (Å²) in [7, 11) is 3.62. The lowest BCUT2D eigenvalue weighted by atomic mass is 10.4. The molecule has 0 radical (unpaired) electrons. The summed E-state index contributed by atoms with van der Waals surface area (Å²) in [6.07, 6.45) is 6.27. The highest BCUT2D eigenvalue weighted by molar-refractivity contribution is 5.56. The average Bonchev–Trinajstić information content (AvgIpc) is 2.23. The van der Waals surface area contributed by atoms with Gasteiger partial charge in [-0.2, -0.15) is 0 Å². The van der Waals surface area contributed by atoms with Gasteiger partial charge in [-0.1, -0.05) is 18.2 Å². The van der Waals surface area contributed by atoms with Crippen LogP contribution in [0.25, 0.3) is 0 Å². The summed E-state index contributed by atoms with van der Waals surface area (Å²) in [4.78, 5) is 12.1. The number of hydrogen-bond acceptors (Lipinski definition) is 4. The number of ether oxygens (including phenoxy) is 2. The molecule has 0 spiro atoms. The SMILES string of the molecule is COCC=CCN(C)CC=CCOC(=O)O. The third-order valence-electron chi connectivity index (χ3n) is 1.73. The molecule has 0 heterocycles. The molecule has 0 aliphatic rings. The Morgan fingerprint density at radius 2 is 1.75 bits per heavy atom. The molecule has 0 saturated carbocycles. The molecule has 0 saturated heterocycles. The zero-order valence-electron chi connectivity index (χ0n) is 9.76. The highest BCUT2D eigenvalue weighted by Gasteiger charge is 1.92. The molecule has 0 aromatic rings. The first-order valence-corrected chi connectivity index (χ1v) is 5.00. The van der Waals surface area contributed by atoms with Gasteiger partial charge in [-0.15, -0.1) is 0 Å². The van der Waals surface area contributed by atoms with E-state index >= 15 is 0 Å². The maximum absolute atomic E-state index is 10.0. The Morgan fingerprint density at radius 3 is 2.25 bits per heavy atom. The fraction of sp³-hybridized carbons (Fsp3) is 0.545. The van der Waals surface area contributed by atoms with Gasteiger partial charge in [-0.3, -0.25) is 4.90 Å². The molecule has 0 unspecified atom stereocenters. The van der Waals surface area contributed by atoms with E-state index in [0.29, 0.717) is 6.61 Å². The summed E-state index contributed by atoms with van der Waals surface area (Å²) in [6.45, 7) is 2.30. The van der Waals surface area contributed by atoms with Gasteiger partial charge in [-0.05, 0) is 13.1 Å². The van der Waals surface area contributed by atoms with E-state index in [0.717, 1.165) is 13.1 Å². The van der Waals surface area contributed by atoms with Gasteiger partial charge in [0.25, 0.3) is 0 Å². The minimum absolute atomic E-state index is 0.0999. The van der Waals surface area contributed by atoms with E-state index in [1.807, 2.05) is 25.3 Å². The van der Waals surface area contributed by atoms with Crippen molar-refractivity contribution in [3.05, 3.63) is 24.3 Å². The third-order valence-corrected chi connectivity index (χ3v) is 1.73. The number of methoxy groups -OCH3 is 1. The second kappa shape index (κ2) is 10.2. The topological polar surface area (TPSA) is 59.0 Å². The molecule has 0 atom stereocenters. The molecular formula is C11H19NO4. The number of carbonyl (C=O) groups is 1. The van der Waals surface area contributed by atoms with Crippen LogP contribution < -0.4 is 0 Å². The van der Waals surface area contributed by atoms with Gasteiger partial charge in [-0.25, -0.2) is 4.79 Å². The van der Waals surface area contributed by atoms with E-state index in [1.165, 1.54) is 0 Å². The van der Waals surface area contributed by atoms with E-state index in [1.54, 1.807) is 13.2 Å². The molecule has 92 valence electrons. The van der Waals surface area contributed by atoms with Crippen LogP contribution in [0.15, 0.2) is 24.3 Å². The van der Waals surface area contributed by atoms with Crippen LogP contribution in [-0.4, -0.2) is 56.6 Å². The molecule has 0 rings (SSSR count). The maximum atomic E-state index is 10.0. The Labute approximate surface area is 96.0 Å². The minimum atomic E-state index is -1.25. The fourth-order valence-electron chi connectivity index (χ4n) is 0.935. The van der Waals surface area contributed by atoms with Crippen LogP contribution in [0.1, 0.15) is 0 Å². The zero-order valence-corrected chi connectivity index (χ0v) is 9.76. The number of carboxylic acid groups (broad SMARTS) is 1. The predicted octanol–water partition coefficient (Wildman–Crippen LogP) is 1.37. The fourth-order valence-corrected chi connectivity index (χ4v) is 0.935. The molecule has 0 aromatic heterocycles. The second-order valence-electron chi connectivity index (χ2n) is 3.20. The van der Waals surface area contributed by atoms with E-state index in [2.05, 4.69) is 9.64 Å². The van der Waals surface area contributed by atoms with E-state index in [-0.39, 0.29) is 6.61 Å². The summed E-state index contributed by atoms with van der Waals surface area (Å²) in [6, 6.07) is 0. The molecule has 1 N–H and O–H groups in total. The molecule has 5 nitrogen and oxygen atoms in total. The monoisotopic (exact) mass is 229 g/mol. The van der Waals surface area contributed by atoms with Crippen molar-refractivity contribution in [2.24, 2.45) is 0 Å². The van der Waals surface area contributed by atoms with Gasteiger partial charge in [0.2, 0.25) is 0 Å². The second-order valence-corrected chi connectivity index (χ2v) is 3.20. The van der Waals surface area contributed by atoms with Crippen molar-refractivity contribution in [3.8, 4) is 0 Å². The van der Waals surface area contributed by atoms with Crippen molar-refractivity contribution in [1.29, 1.82) is 0 Å². The van der Waals surface area contributed by atoms with Gasteiger partial charge in [0.05, 0.1) is 6.61 Å². The van der Waals surface area contributed by atoms with Crippen molar-refractivity contribution in [2.75, 3.05) is 40.5 Å². The molecule has 0 aliphatic heterocycles. The molecule has 16 heavy (non-hydrogen) atoms. The molecule has 0 bridgehead atoms. The van der Waals surface area contributed by atoms with Gasteiger partial charge >= 0.3 is 6.16 Å². The van der Waals surface area contributed by atoms with Crippen LogP contribution >= 0.6 is 0 Å². The summed E-state index contributed by atoms with van der Waals surface area (Å²) in [5, 5.41) is 8.20. The van der Waals surface area contributed by atoms with Gasteiger partial charge in [0.15, 0.2) is 0 Å². The summed E-state index contributed by atoms with van der Waals surface area (Å²) < 4.78 is 9.19. The zero-order chi connectivity index (χ0) is 12.2. The first-order valence-electron chi connectivity index (χ1n) is 5.00. The van der Waals surface area contributed by atoms with Crippen molar-refractivity contribution in [2.45, 2.75) is 0 Å². The highest BCUT2D eigenvalue weighted by atomic mass is 16.7. The van der Waals surface area contributed by atoms with Gasteiger partial charge in [0, 0.05) is 20.2 Å². The summed E-state index contributed by atoms with van der Waals surface area (Å²) >= 11 is 0. The number of nitrogens with zero attached hydrogens (tertiary/aromatic N) is 1. The van der Waals surface area contributed by atoms with E-state index in [4.69, 9.17) is 9.84 Å². The van der Waals surface area contributed by atoms with Gasteiger partial charge < -0.3 is 14.6 Å². The average molecular weight is 229 g/mol. The molecule has 0 aromatic carbocycles. The van der Waals surface area contributed by atoms with E-state index < -0.39 is 6.16 Å². The van der Waals surface area contributed by atoms with Crippen LogP contribution in [0.3, 0.4) is 0 Å². The lowest BCUT2D eigenvalue weighted by Gasteiger charge is -2.10. The van der Waals surface area contributed by atoms with Crippen LogP contribution in [0, 0.1) is 0 Å². The molecule has 0 amide bonds. The Balaban J connectivity index is 3.48. The molecular weight excluding hydrogens is 210 g/mol. The largest absolute Gasteiger partial charge is 0.506 e. The summed E-state index contributed by atoms with van der Waals surface area (Å²) in [5.74, 6) is 0. The van der Waals surface area contributed by atoms with Crippen molar-refractivity contribution in [1.82, 2.24) is 4.90 Å². The molecule has 5 heteroatoms. The number of likely N-dealkylation sites (N-methyl/N-ethyl adjacent to an activating group) is 1. The first-order chi connectivity index (χ1) is 7.66. The molecule has 0 fully saturated rings. The van der Waals surface area contributed by atoms with Crippen molar-refractivity contribution >= 4 is 6.16 Å². The van der Waals surface area contributed by atoms with Crippen LogP contribution in [-0.2, 0) is 9.47 Å². The summed E-state index contributed by atoms with van der Waals surface area (Å²) in [5.41, 5.74) is 0. The Bertz CT molecular complexity index is 238. The van der Waals surface area contributed by atoms with Crippen LogP contribution in [0.4, 0.5) is 4.79 Å². The smallest absolute Gasteiger partial charge is 0.450 e. The standard InChI is InChI=1S/C11H19NO4/c1-12(7-3-5-9-15-2)8-4-6-10-16-11(13)14/h3-6H,7-10H2,1-2H3,(H,13,14). The quantitative estimate of drug-likeness (QED) is 0.503. The third kappa shape index (κ3) is 10.7. The lowest BCUT2D eigenvalue weighted by Crippen LogP contribution is -2.18. The van der Waals surface area contributed by atoms with Crippen molar-refractivity contribution < 1.29 is 19.4 Å². The van der Waals surface area contributed by atoms with Crippen molar-refractivity contribution in [3.63, 3.8) is 0 Å².